The fraction of sp³-hybridized carbons (Fsp3) is 0.385. The molecule has 0 spiro atoms. The van der Waals surface area contributed by atoms with Crippen LogP contribution in [0.3, 0.4) is 0 Å². The summed E-state index contributed by atoms with van der Waals surface area (Å²) in [5, 5.41) is 11.7. The van der Waals surface area contributed by atoms with Gasteiger partial charge in [-0.3, -0.25) is 4.79 Å². The normalized spacial score (nSPS) is 17.9. The van der Waals surface area contributed by atoms with Crippen molar-refractivity contribution >= 4 is 17.7 Å². The molecule has 108 valence electrons. The molecule has 1 aliphatic heterocycles. The molecule has 1 fully saturated rings. The van der Waals surface area contributed by atoms with Gasteiger partial charge in [0.15, 0.2) is 0 Å². The number of carbonyl (C=O) groups excluding carboxylic acids is 1. The molecule has 0 radical (unpaired) electrons. The van der Waals surface area contributed by atoms with Crippen molar-refractivity contribution in [3.63, 3.8) is 0 Å². The number of carboxylic acid groups (broad SMARTS) is 1. The fourth-order valence-electron chi connectivity index (χ4n) is 2.17. The summed E-state index contributed by atoms with van der Waals surface area (Å²) in [7, 11) is 1.48. The maximum Gasteiger partial charge on any atom is 0.407 e. The van der Waals surface area contributed by atoms with Crippen LogP contribution in [0.2, 0.25) is 0 Å². The summed E-state index contributed by atoms with van der Waals surface area (Å²) in [4.78, 5) is 24.2. The summed E-state index contributed by atoms with van der Waals surface area (Å²) >= 11 is 0. The molecule has 1 heterocycles. The quantitative estimate of drug-likeness (QED) is 0.708. The smallest absolute Gasteiger partial charge is 0.407 e. The van der Waals surface area contributed by atoms with E-state index in [0.717, 1.165) is 0 Å². The van der Waals surface area contributed by atoms with Crippen LogP contribution in [0.25, 0.3) is 0 Å². The number of nitrogens with one attached hydrogen (secondary N) is 1. The van der Waals surface area contributed by atoms with Crippen LogP contribution in [0, 0.1) is 0 Å². The number of anilines is 1. The number of amides is 2. The van der Waals surface area contributed by atoms with Crippen molar-refractivity contribution in [1.82, 2.24) is 10.2 Å². The van der Waals surface area contributed by atoms with E-state index in [-0.39, 0.29) is 11.9 Å². The number of ether oxygens (including phenoxy) is 1. The molecule has 7 nitrogen and oxygen atoms in total. The zero-order valence-corrected chi connectivity index (χ0v) is 11.1. The van der Waals surface area contributed by atoms with Crippen molar-refractivity contribution in [3.05, 3.63) is 23.8 Å². The lowest BCUT2D eigenvalue weighted by atomic mass is 10.1. The Morgan fingerprint density at radius 2 is 2.25 bits per heavy atom. The van der Waals surface area contributed by atoms with E-state index in [0.29, 0.717) is 36.5 Å². The molecule has 0 aromatic heterocycles. The van der Waals surface area contributed by atoms with Crippen LogP contribution in [0.5, 0.6) is 5.75 Å². The zero-order valence-electron chi connectivity index (χ0n) is 11.1. The number of hydrogen-bond donors (Lipinski definition) is 3. The van der Waals surface area contributed by atoms with Gasteiger partial charge in [-0.1, -0.05) is 0 Å². The van der Waals surface area contributed by atoms with Crippen molar-refractivity contribution < 1.29 is 19.4 Å². The number of carbonyl (C=O) groups is 2. The SMILES string of the molecule is COc1cc(C(=O)N[C@H]2CCN(C(=O)O)C2)ccc1N. The van der Waals surface area contributed by atoms with Crippen molar-refractivity contribution in [1.29, 1.82) is 0 Å². The van der Waals surface area contributed by atoms with Crippen LogP contribution in [0.1, 0.15) is 16.8 Å². The number of benzene rings is 1. The number of nitrogen functional groups attached to an aromatic ring is 1. The molecule has 7 heteroatoms. The van der Waals surface area contributed by atoms with E-state index in [1.807, 2.05) is 0 Å². The highest BCUT2D eigenvalue weighted by atomic mass is 16.5. The Balaban J connectivity index is 2.00. The number of likely N-dealkylation sites (tertiary alicyclic amines) is 1. The predicted molar refractivity (Wildman–Crippen MR) is 72.9 cm³/mol. The van der Waals surface area contributed by atoms with E-state index in [2.05, 4.69) is 5.32 Å². The molecule has 4 N–H and O–H groups in total. The van der Waals surface area contributed by atoms with Gasteiger partial charge in [0, 0.05) is 24.7 Å². The average Bonchev–Trinajstić information content (AvgIpc) is 2.88. The van der Waals surface area contributed by atoms with Gasteiger partial charge < -0.3 is 25.8 Å². The standard InChI is InChI=1S/C13H17N3O4/c1-20-11-6-8(2-3-10(11)14)12(17)15-9-4-5-16(7-9)13(18)19/h2-3,6,9H,4-5,7,14H2,1H3,(H,15,17)(H,18,19)/t9-/m0/s1. The number of nitrogens with two attached hydrogens (primary N) is 1. The average molecular weight is 279 g/mol. The van der Waals surface area contributed by atoms with Crippen LogP contribution in [-0.2, 0) is 0 Å². The summed E-state index contributed by atoms with van der Waals surface area (Å²) in [5.41, 5.74) is 6.58. The summed E-state index contributed by atoms with van der Waals surface area (Å²) in [6, 6.07) is 4.61. The van der Waals surface area contributed by atoms with Crippen molar-refractivity contribution in [2.45, 2.75) is 12.5 Å². The highest BCUT2D eigenvalue weighted by molar-refractivity contribution is 5.95. The lowest BCUT2D eigenvalue weighted by molar-refractivity contribution is 0.0935. The van der Waals surface area contributed by atoms with E-state index in [1.54, 1.807) is 18.2 Å². The molecular weight excluding hydrogens is 262 g/mol. The topological polar surface area (TPSA) is 105 Å². The summed E-state index contributed by atoms with van der Waals surface area (Å²) in [6.07, 6.45) is -0.347. The van der Waals surface area contributed by atoms with Gasteiger partial charge in [-0.25, -0.2) is 4.79 Å². The Bertz CT molecular complexity index is 532. The Hall–Kier alpha value is -2.44. The molecule has 20 heavy (non-hydrogen) atoms. The van der Waals surface area contributed by atoms with Gasteiger partial charge in [0.2, 0.25) is 0 Å². The number of nitrogens with zero attached hydrogens (tertiary/aromatic N) is 1. The van der Waals surface area contributed by atoms with Gasteiger partial charge in [-0.2, -0.15) is 0 Å². The van der Waals surface area contributed by atoms with Crippen LogP contribution in [0.15, 0.2) is 18.2 Å². The van der Waals surface area contributed by atoms with E-state index in [4.69, 9.17) is 15.6 Å². The lowest BCUT2D eigenvalue weighted by Crippen LogP contribution is -2.38. The molecule has 1 aromatic rings. The fourth-order valence-corrected chi connectivity index (χ4v) is 2.17. The Morgan fingerprint density at radius 3 is 2.85 bits per heavy atom. The molecule has 0 bridgehead atoms. The van der Waals surface area contributed by atoms with Crippen molar-refractivity contribution in [2.75, 3.05) is 25.9 Å². The van der Waals surface area contributed by atoms with Gasteiger partial charge in [-0.15, -0.1) is 0 Å². The third kappa shape index (κ3) is 2.93. The van der Waals surface area contributed by atoms with E-state index < -0.39 is 6.09 Å². The predicted octanol–water partition coefficient (Wildman–Crippen LogP) is 0.760. The highest BCUT2D eigenvalue weighted by Crippen LogP contribution is 2.22. The number of hydrogen-bond acceptors (Lipinski definition) is 4. The van der Waals surface area contributed by atoms with Gasteiger partial charge in [0.1, 0.15) is 5.75 Å². The summed E-state index contributed by atoms with van der Waals surface area (Å²) in [6.45, 7) is 0.749. The first kappa shape index (κ1) is 14.0. The van der Waals surface area contributed by atoms with Crippen LogP contribution in [-0.4, -0.2) is 48.2 Å². The maximum absolute atomic E-state index is 12.1. The Kier molecular flexibility index (Phi) is 3.97. The minimum Gasteiger partial charge on any atom is -0.495 e. The second-order valence-corrected chi connectivity index (χ2v) is 4.64. The minimum absolute atomic E-state index is 0.165. The molecule has 2 amide bonds. The van der Waals surface area contributed by atoms with Gasteiger partial charge in [-0.05, 0) is 24.6 Å². The van der Waals surface area contributed by atoms with Crippen LogP contribution < -0.4 is 15.8 Å². The second kappa shape index (κ2) is 5.68. The van der Waals surface area contributed by atoms with Crippen LogP contribution >= 0.6 is 0 Å². The summed E-state index contributed by atoms with van der Waals surface area (Å²) in [5.74, 6) is 0.178. The first-order valence-corrected chi connectivity index (χ1v) is 6.23. The highest BCUT2D eigenvalue weighted by Gasteiger charge is 2.27. The molecule has 0 saturated carbocycles. The third-order valence-corrected chi connectivity index (χ3v) is 3.29. The molecule has 1 atom stereocenters. The molecule has 0 aliphatic carbocycles. The van der Waals surface area contributed by atoms with Crippen molar-refractivity contribution in [3.8, 4) is 5.75 Å². The first-order chi connectivity index (χ1) is 9.51. The van der Waals surface area contributed by atoms with Crippen molar-refractivity contribution in [2.24, 2.45) is 0 Å². The molecule has 1 saturated heterocycles. The Morgan fingerprint density at radius 1 is 1.50 bits per heavy atom. The number of rotatable bonds is 3. The first-order valence-electron chi connectivity index (χ1n) is 6.23. The van der Waals surface area contributed by atoms with E-state index in [9.17, 15) is 9.59 Å². The monoisotopic (exact) mass is 279 g/mol. The van der Waals surface area contributed by atoms with Gasteiger partial charge in [0.05, 0.1) is 12.8 Å². The molecule has 1 aliphatic rings. The zero-order chi connectivity index (χ0) is 14.7. The van der Waals surface area contributed by atoms with E-state index in [1.165, 1.54) is 12.0 Å². The largest absolute Gasteiger partial charge is 0.495 e. The van der Waals surface area contributed by atoms with Gasteiger partial charge in [0.25, 0.3) is 5.91 Å². The van der Waals surface area contributed by atoms with E-state index >= 15 is 0 Å². The third-order valence-electron chi connectivity index (χ3n) is 3.29. The Labute approximate surface area is 116 Å². The van der Waals surface area contributed by atoms with Gasteiger partial charge >= 0.3 is 6.09 Å². The van der Waals surface area contributed by atoms with Crippen LogP contribution in [0.4, 0.5) is 10.5 Å². The maximum atomic E-state index is 12.1. The second-order valence-electron chi connectivity index (χ2n) is 4.64. The molecule has 0 unspecified atom stereocenters. The lowest BCUT2D eigenvalue weighted by Gasteiger charge is -2.14. The number of methoxy groups -OCH3 is 1. The molecule has 2 rings (SSSR count). The molecule has 1 aromatic carbocycles. The minimum atomic E-state index is -0.962. The molecular formula is C13H17N3O4. The summed E-state index contributed by atoms with van der Waals surface area (Å²) < 4.78 is 5.06.